The first kappa shape index (κ1) is 15.6. The lowest BCUT2D eigenvalue weighted by atomic mass is 9.89. The Bertz CT molecular complexity index is 982. The van der Waals surface area contributed by atoms with Crippen LogP contribution < -0.4 is 19.9 Å². The summed E-state index contributed by atoms with van der Waals surface area (Å²) in [6.07, 6.45) is 8.60. The summed E-state index contributed by atoms with van der Waals surface area (Å²) in [6.45, 7) is 0.832. The van der Waals surface area contributed by atoms with Crippen LogP contribution in [0.15, 0.2) is 46.9 Å². The number of hydrogen-bond acceptors (Lipinski definition) is 5. The lowest BCUT2D eigenvalue weighted by Gasteiger charge is -2.33. The van der Waals surface area contributed by atoms with Crippen molar-refractivity contribution in [2.75, 3.05) is 27.9 Å². The molecule has 0 saturated carbocycles. The maximum absolute atomic E-state index is 12.0. The van der Waals surface area contributed by atoms with E-state index in [0.29, 0.717) is 17.3 Å². The zero-order valence-electron chi connectivity index (χ0n) is 14.5. The molecule has 0 spiro atoms. The maximum Gasteiger partial charge on any atom is 0.220 e. The largest absolute Gasteiger partial charge is 0.493 e. The van der Waals surface area contributed by atoms with Crippen LogP contribution in [0.2, 0.25) is 0 Å². The number of rotatable bonds is 3. The molecule has 5 nitrogen and oxygen atoms in total. The van der Waals surface area contributed by atoms with Gasteiger partial charge in [-0.15, -0.1) is 0 Å². The number of hydrogen-bond donors (Lipinski definition) is 0. The molecule has 0 saturated heterocycles. The standard InChI is InChI=1S/C20H19NO4/c1-23-18-10-15-12(7-17(18)22)4-5-21-11-14-9-20(25-3)19(24-2)8-13(14)6-16(15)21/h6-11H,4-5H2,1-3H3. The molecule has 4 rings (SSSR count). The zero-order valence-corrected chi connectivity index (χ0v) is 14.5. The van der Waals surface area contributed by atoms with Gasteiger partial charge in [0.15, 0.2) is 17.3 Å². The summed E-state index contributed by atoms with van der Waals surface area (Å²) in [5.41, 5.74) is 3.17. The van der Waals surface area contributed by atoms with Crippen LogP contribution >= 0.6 is 0 Å². The summed E-state index contributed by atoms with van der Waals surface area (Å²) in [5.74, 6) is 1.72. The van der Waals surface area contributed by atoms with Gasteiger partial charge in [0.05, 0.1) is 21.3 Å². The quantitative estimate of drug-likeness (QED) is 0.830. The Labute approximate surface area is 145 Å². The van der Waals surface area contributed by atoms with Crippen LogP contribution in [-0.2, 0) is 9.53 Å². The SMILES string of the molecule is COC1=CC2=C3C=c4cc(OC)c(OC)cc4=CN3CCC2=CC1=O. The number of fused-ring (bicyclic) bond motifs is 3. The third-order valence-corrected chi connectivity index (χ3v) is 4.77. The van der Waals surface area contributed by atoms with Gasteiger partial charge >= 0.3 is 0 Å². The van der Waals surface area contributed by atoms with Crippen molar-refractivity contribution in [2.24, 2.45) is 0 Å². The van der Waals surface area contributed by atoms with Crippen molar-refractivity contribution < 1.29 is 19.0 Å². The van der Waals surface area contributed by atoms with Gasteiger partial charge < -0.3 is 19.1 Å². The lowest BCUT2D eigenvalue weighted by Crippen LogP contribution is -2.37. The van der Waals surface area contributed by atoms with Crippen molar-refractivity contribution >= 4 is 18.1 Å². The molecule has 2 aliphatic heterocycles. The molecule has 0 unspecified atom stereocenters. The first-order chi connectivity index (χ1) is 12.1. The Morgan fingerprint density at radius 2 is 1.64 bits per heavy atom. The average Bonchev–Trinajstić information content (AvgIpc) is 2.64. The van der Waals surface area contributed by atoms with E-state index >= 15 is 0 Å². The molecule has 0 atom stereocenters. The number of carbonyl (C=O) groups is 1. The fourth-order valence-electron chi connectivity index (χ4n) is 3.48. The fraction of sp³-hybridized carbons (Fsp3) is 0.250. The van der Waals surface area contributed by atoms with Gasteiger partial charge in [-0.25, -0.2) is 0 Å². The summed E-state index contributed by atoms with van der Waals surface area (Å²) in [6, 6.07) is 3.96. The Morgan fingerprint density at radius 1 is 0.920 bits per heavy atom. The summed E-state index contributed by atoms with van der Waals surface area (Å²) in [5, 5.41) is 2.14. The van der Waals surface area contributed by atoms with E-state index in [1.165, 1.54) is 7.11 Å². The van der Waals surface area contributed by atoms with Gasteiger partial charge in [-0.1, -0.05) is 0 Å². The van der Waals surface area contributed by atoms with Gasteiger partial charge in [-0.2, -0.15) is 0 Å². The number of ketones is 1. The molecule has 3 aliphatic rings. The minimum Gasteiger partial charge on any atom is -0.493 e. The second kappa shape index (κ2) is 5.84. The van der Waals surface area contributed by atoms with Crippen LogP contribution in [0, 0.1) is 0 Å². The van der Waals surface area contributed by atoms with Crippen molar-refractivity contribution in [1.82, 2.24) is 4.90 Å². The second-order valence-corrected chi connectivity index (χ2v) is 6.10. The van der Waals surface area contributed by atoms with E-state index < -0.39 is 0 Å². The van der Waals surface area contributed by atoms with E-state index in [0.717, 1.165) is 40.2 Å². The molecular weight excluding hydrogens is 318 g/mol. The molecule has 5 heteroatoms. The van der Waals surface area contributed by atoms with E-state index in [1.54, 1.807) is 20.3 Å². The van der Waals surface area contributed by atoms with Gasteiger partial charge in [0, 0.05) is 29.2 Å². The molecule has 1 aromatic rings. The molecular formula is C20H19NO4. The van der Waals surface area contributed by atoms with E-state index in [4.69, 9.17) is 14.2 Å². The van der Waals surface area contributed by atoms with Gasteiger partial charge in [-0.3, -0.25) is 4.79 Å². The Hall–Kier alpha value is -2.95. The van der Waals surface area contributed by atoms with E-state index in [9.17, 15) is 4.79 Å². The van der Waals surface area contributed by atoms with Crippen LogP contribution in [0.4, 0.5) is 0 Å². The molecule has 0 fully saturated rings. The average molecular weight is 337 g/mol. The summed E-state index contributed by atoms with van der Waals surface area (Å²) in [7, 11) is 4.79. The highest BCUT2D eigenvalue weighted by atomic mass is 16.5. The lowest BCUT2D eigenvalue weighted by molar-refractivity contribution is -0.114. The Balaban J connectivity index is 1.94. The molecule has 1 aromatic carbocycles. The molecule has 0 aromatic heterocycles. The minimum atomic E-state index is -0.0677. The second-order valence-electron chi connectivity index (χ2n) is 6.10. The molecule has 25 heavy (non-hydrogen) atoms. The summed E-state index contributed by atoms with van der Waals surface area (Å²) in [4.78, 5) is 14.2. The van der Waals surface area contributed by atoms with Crippen molar-refractivity contribution in [3.8, 4) is 11.5 Å². The van der Waals surface area contributed by atoms with Gasteiger partial charge in [0.1, 0.15) is 0 Å². The van der Waals surface area contributed by atoms with Gasteiger partial charge in [0.25, 0.3) is 0 Å². The third-order valence-electron chi connectivity index (χ3n) is 4.77. The van der Waals surface area contributed by atoms with Crippen molar-refractivity contribution in [3.63, 3.8) is 0 Å². The summed E-state index contributed by atoms with van der Waals surface area (Å²) >= 11 is 0. The van der Waals surface area contributed by atoms with Crippen LogP contribution in [-0.4, -0.2) is 38.6 Å². The highest BCUT2D eigenvalue weighted by molar-refractivity contribution is 6.05. The van der Waals surface area contributed by atoms with Crippen LogP contribution in [0.1, 0.15) is 6.42 Å². The van der Waals surface area contributed by atoms with Crippen molar-refractivity contribution in [3.05, 3.63) is 57.3 Å². The maximum atomic E-state index is 12.0. The van der Waals surface area contributed by atoms with Crippen LogP contribution in [0.5, 0.6) is 11.5 Å². The predicted molar refractivity (Wildman–Crippen MR) is 94.3 cm³/mol. The number of carbonyl (C=O) groups excluding carboxylic acids is 1. The monoisotopic (exact) mass is 337 g/mol. The number of nitrogens with zero attached hydrogens (tertiary/aromatic N) is 1. The van der Waals surface area contributed by atoms with Crippen LogP contribution in [0.3, 0.4) is 0 Å². The Kier molecular flexibility index (Phi) is 3.64. The fourth-order valence-corrected chi connectivity index (χ4v) is 3.48. The molecule has 0 amide bonds. The number of methoxy groups -OCH3 is 3. The third kappa shape index (κ3) is 2.43. The van der Waals surface area contributed by atoms with Crippen molar-refractivity contribution in [2.45, 2.75) is 6.42 Å². The minimum absolute atomic E-state index is 0.0677. The molecule has 0 radical (unpaired) electrons. The van der Waals surface area contributed by atoms with Crippen molar-refractivity contribution in [1.29, 1.82) is 0 Å². The highest BCUT2D eigenvalue weighted by Gasteiger charge is 2.27. The summed E-state index contributed by atoms with van der Waals surface area (Å²) < 4.78 is 16.0. The van der Waals surface area contributed by atoms with Crippen LogP contribution in [0.25, 0.3) is 12.3 Å². The number of allylic oxidation sites excluding steroid dienone is 4. The van der Waals surface area contributed by atoms with E-state index in [-0.39, 0.29) is 5.78 Å². The van der Waals surface area contributed by atoms with Gasteiger partial charge in [0.2, 0.25) is 5.78 Å². The van der Waals surface area contributed by atoms with E-state index in [1.807, 2.05) is 18.2 Å². The van der Waals surface area contributed by atoms with E-state index in [2.05, 4.69) is 17.2 Å². The van der Waals surface area contributed by atoms with Gasteiger partial charge in [-0.05, 0) is 47.6 Å². The first-order valence-corrected chi connectivity index (χ1v) is 8.12. The number of benzene rings is 1. The Morgan fingerprint density at radius 3 is 2.32 bits per heavy atom. The molecule has 0 N–H and O–H groups in total. The topological polar surface area (TPSA) is 48.0 Å². The molecule has 0 bridgehead atoms. The highest BCUT2D eigenvalue weighted by Crippen LogP contribution is 2.34. The normalized spacial score (nSPS) is 18.0. The number of ether oxygens (including phenoxy) is 3. The first-order valence-electron chi connectivity index (χ1n) is 8.12. The molecule has 1 aliphatic carbocycles. The zero-order chi connectivity index (χ0) is 17.6. The molecule has 2 heterocycles. The molecule has 128 valence electrons. The smallest absolute Gasteiger partial charge is 0.220 e. The predicted octanol–water partition coefficient (Wildman–Crippen LogP) is 1.24.